The standard InChI is InChI=1S/C13H21BrSi/c1-11-7-5-6-8-13(11)12(9-14)10-15(2,3)4/h5-8,12H,9-10H2,1-4H3. The topological polar surface area (TPSA) is 0 Å². The van der Waals surface area contributed by atoms with Crippen LogP contribution in [-0.4, -0.2) is 13.4 Å². The lowest BCUT2D eigenvalue weighted by Crippen LogP contribution is -2.23. The summed E-state index contributed by atoms with van der Waals surface area (Å²) in [5.41, 5.74) is 2.96. The van der Waals surface area contributed by atoms with Gasteiger partial charge in [0.2, 0.25) is 0 Å². The van der Waals surface area contributed by atoms with Crippen LogP contribution < -0.4 is 0 Å². The first-order valence-electron chi connectivity index (χ1n) is 5.55. The van der Waals surface area contributed by atoms with Crippen LogP contribution in [0.25, 0.3) is 0 Å². The van der Waals surface area contributed by atoms with Gasteiger partial charge in [0.25, 0.3) is 0 Å². The molecule has 0 aliphatic heterocycles. The van der Waals surface area contributed by atoms with Crippen LogP contribution in [-0.2, 0) is 0 Å². The number of hydrogen-bond donors (Lipinski definition) is 0. The zero-order valence-corrected chi connectivity index (χ0v) is 12.8. The summed E-state index contributed by atoms with van der Waals surface area (Å²) < 4.78 is 0. The molecule has 0 aliphatic carbocycles. The van der Waals surface area contributed by atoms with E-state index in [0.29, 0.717) is 5.92 Å². The normalized spacial score (nSPS) is 13.9. The highest BCUT2D eigenvalue weighted by Crippen LogP contribution is 2.30. The van der Waals surface area contributed by atoms with Crippen molar-refractivity contribution in [3.63, 3.8) is 0 Å². The minimum atomic E-state index is -0.977. The Morgan fingerprint density at radius 1 is 1.20 bits per heavy atom. The lowest BCUT2D eigenvalue weighted by molar-refractivity contribution is 0.855. The van der Waals surface area contributed by atoms with Gasteiger partial charge in [-0.1, -0.05) is 59.8 Å². The Kier molecular flexibility index (Phi) is 4.59. The van der Waals surface area contributed by atoms with Gasteiger partial charge in [0, 0.05) is 13.4 Å². The summed E-state index contributed by atoms with van der Waals surface area (Å²) in [6.07, 6.45) is 0. The maximum absolute atomic E-state index is 3.66. The Labute approximate surface area is 103 Å². The molecular formula is C13H21BrSi. The van der Waals surface area contributed by atoms with E-state index in [4.69, 9.17) is 0 Å². The molecule has 0 amide bonds. The third-order valence-corrected chi connectivity index (χ3v) is 5.17. The van der Waals surface area contributed by atoms with Crippen LogP contribution >= 0.6 is 15.9 Å². The molecular weight excluding hydrogens is 264 g/mol. The van der Waals surface area contributed by atoms with Gasteiger partial charge in [-0.05, 0) is 30.0 Å². The predicted molar refractivity (Wildman–Crippen MR) is 75.9 cm³/mol. The molecule has 1 atom stereocenters. The van der Waals surface area contributed by atoms with Crippen molar-refractivity contribution in [3.05, 3.63) is 35.4 Å². The molecule has 0 radical (unpaired) electrons. The van der Waals surface area contributed by atoms with E-state index in [1.165, 1.54) is 17.2 Å². The highest BCUT2D eigenvalue weighted by atomic mass is 79.9. The van der Waals surface area contributed by atoms with Crippen LogP contribution in [0.1, 0.15) is 17.0 Å². The molecule has 1 unspecified atom stereocenters. The van der Waals surface area contributed by atoms with E-state index < -0.39 is 8.07 Å². The molecule has 1 aromatic carbocycles. The molecule has 0 heterocycles. The van der Waals surface area contributed by atoms with E-state index >= 15 is 0 Å². The first kappa shape index (κ1) is 13.0. The summed E-state index contributed by atoms with van der Waals surface area (Å²) in [6.45, 7) is 9.55. The average molecular weight is 285 g/mol. The van der Waals surface area contributed by atoms with Crippen LogP contribution in [0.2, 0.25) is 25.7 Å². The van der Waals surface area contributed by atoms with Crippen molar-refractivity contribution in [3.8, 4) is 0 Å². The fraction of sp³-hybridized carbons (Fsp3) is 0.538. The highest BCUT2D eigenvalue weighted by Gasteiger charge is 2.21. The molecule has 0 bridgehead atoms. The molecule has 84 valence electrons. The minimum absolute atomic E-state index is 0.692. The zero-order chi connectivity index (χ0) is 11.5. The Bertz CT molecular complexity index is 315. The van der Waals surface area contributed by atoms with Gasteiger partial charge in [0.15, 0.2) is 0 Å². The van der Waals surface area contributed by atoms with E-state index in [0.717, 1.165) is 5.33 Å². The zero-order valence-electron chi connectivity index (χ0n) is 10.2. The second-order valence-corrected chi connectivity index (χ2v) is 11.6. The van der Waals surface area contributed by atoms with Gasteiger partial charge in [-0.25, -0.2) is 0 Å². The van der Waals surface area contributed by atoms with Crippen LogP contribution in [0.3, 0.4) is 0 Å². The van der Waals surface area contributed by atoms with Crippen molar-refractivity contribution in [2.75, 3.05) is 5.33 Å². The van der Waals surface area contributed by atoms with Crippen LogP contribution in [0.15, 0.2) is 24.3 Å². The lowest BCUT2D eigenvalue weighted by atomic mass is 9.98. The second-order valence-electron chi connectivity index (χ2n) is 5.47. The van der Waals surface area contributed by atoms with Gasteiger partial charge in [-0.2, -0.15) is 0 Å². The summed E-state index contributed by atoms with van der Waals surface area (Å²) in [7, 11) is -0.977. The maximum Gasteiger partial charge on any atom is 0.0449 e. The summed E-state index contributed by atoms with van der Waals surface area (Å²) >= 11 is 3.66. The van der Waals surface area contributed by atoms with Crippen molar-refractivity contribution in [2.45, 2.75) is 38.5 Å². The number of alkyl halides is 1. The number of halogens is 1. The van der Waals surface area contributed by atoms with Crippen LogP contribution in [0, 0.1) is 6.92 Å². The Balaban J connectivity index is 2.88. The van der Waals surface area contributed by atoms with E-state index in [9.17, 15) is 0 Å². The first-order valence-corrected chi connectivity index (χ1v) is 10.4. The molecule has 0 spiro atoms. The number of hydrogen-bond acceptors (Lipinski definition) is 0. The van der Waals surface area contributed by atoms with Crippen molar-refractivity contribution in [2.24, 2.45) is 0 Å². The molecule has 0 N–H and O–H groups in total. The molecule has 1 aromatic rings. The summed E-state index contributed by atoms with van der Waals surface area (Å²) in [5, 5.41) is 1.09. The fourth-order valence-corrected chi connectivity index (χ4v) is 4.87. The van der Waals surface area contributed by atoms with Crippen molar-refractivity contribution in [1.82, 2.24) is 0 Å². The van der Waals surface area contributed by atoms with Crippen molar-refractivity contribution < 1.29 is 0 Å². The molecule has 0 saturated carbocycles. The highest BCUT2D eigenvalue weighted by molar-refractivity contribution is 9.09. The van der Waals surface area contributed by atoms with E-state index in [-0.39, 0.29) is 0 Å². The Morgan fingerprint density at radius 2 is 1.80 bits per heavy atom. The molecule has 0 aliphatic rings. The van der Waals surface area contributed by atoms with E-state index in [1.807, 2.05) is 0 Å². The van der Waals surface area contributed by atoms with Crippen molar-refractivity contribution >= 4 is 24.0 Å². The minimum Gasteiger partial charge on any atom is -0.0922 e. The molecule has 0 saturated heterocycles. The summed E-state index contributed by atoms with van der Waals surface area (Å²) in [6, 6.07) is 10.1. The largest absolute Gasteiger partial charge is 0.0922 e. The van der Waals surface area contributed by atoms with Gasteiger partial charge in [-0.3, -0.25) is 0 Å². The molecule has 2 heteroatoms. The predicted octanol–water partition coefficient (Wildman–Crippen LogP) is 4.81. The third-order valence-electron chi connectivity index (χ3n) is 2.67. The monoisotopic (exact) mass is 284 g/mol. The Hall–Kier alpha value is -0.0831. The molecule has 1 rings (SSSR count). The van der Waals surface area contributed by atoms with E-state index in [1.54, 1.807) is 0 Å². The SMILES string of the molecule is Cc1ccccc1C(CBr)C[Si](C)(C)C. The number of rotatable bonds is 4. The third kappa shape index (κ3) is 4.11. The lowest BCUT2D eigenvalue weighted by Gasteiger charge is -2.24. The van der Waals surface area contributed by atoms with Gasteiger partial charge >= 0.3 is 0 Å². The van der Waals surface area contributed by atoms with Gasteiger partial charge in [0.1, 0.15) is 0 Å². The van der Waals surface area contributed by atoms with Gasteiger partial charge < -0.3 is 0 Å². The molecule has 0 fully saturated rings. The Morgan fingerprint density at radius 3 is 2.27 bits per heavy atom. The first-order chi connectivity index (χ1) is 6.94. The number of aryl methyl sites for hydroxylation is 1. The molecule has 0 aromatic heterocycles. The van der Waals surface area contributed by atoms with Crippen LogP contribution in [0.5, 0.6) is 0 Å². The average Bonchev–Trinajstić information content (AvgIpc) is 2.14. The van der Waals surface area contributed by atoms with Gasteiger partial charge in [-0.15, -0.1) is 0 Å². The fourth-order valence-electron chi connectivity index (χ4n) is 2.03. The van der Waals surface area contributed by atoms with Crippen molar-refractivity contribution in [1.29, 1.82) is 0 Å². The molecule has 15 heavy (non-hydrogen) atoms. The smallest absolute Gasteiger partial charge is 0.0449 e. The summed E-state index contributed by atoms with van der Waals surface area (Å²) in [5.74, 6) is 0.692. The summed E-state index contributed by atoms with van der Waals surface area (Å²) in [4.78, 5) is 0. The quantitative estimate of drug-likeness (QED) is 0.550. The number of benzene rings is 1. The second kappa shape index (κ2) is 5.31. The van der Waals surface area contributed by atoms with Gasteiger partial charge in [0.05, 0.1) is 0 Å². The van der Waals surface area contributed by atoms with E-state index in [2.05, 4.69) is 66.8 Å². The maximum atomic E-state index is 3.66. The van der Waals surface area contributed by atoms with Crippen LogP contribution in [0.4, 0.5) is 0 Å². The molecule has 0 nitrogen and oxygen atoms in total.